The van der Waals surface area contributed by atoms with E-state index in [1.54, 1.807) is 12.1 Å². The van der Waals surface area contributed by atoms with Crippen LogP contribution in [0, 0.1) is 0 Å². The van der Waals surface area contributed by atoms with Crippen molar-refractivity contribution in [1.29, 1.82) is 0 Å². The molecule has 0 aliphatic carbocycles. The molecule has 0 fully saturated rings. The molecule has 68 valence electrons. The molecule has 0 N–H and O–H groups in total. The van der Waals surface area contributed by atoms with E-state index >= 15 is 0 Å². The average Bonchev–Trinajstić information content (AvgIpc) is 2.63. The van der Waals surface area contributed by atoms with Crippen LogP contribution in [0.25, 0.3) is 0 Å². The summed E-state index contributed by atoms with van der Waals surface area (Å²) in [6, 6.07) is 5.44. The molecule has 0 atom stereocenters. The highest BCUT2D eigenvalue weighted by Crippen LogP contribution is 2.28. The molecular formula is C10H10O3. The van der Waals surface area contributed by atoms with E-state index in [4.69, 9.17) is 4.74 Å². The van der Waals surface area contributed by atoms with Gasteiger partial charge in [0.25, 0.3) is 0 Å². The van der Waals surface area contributed by atoms with E-state index in [0.29, 0.717) is 12.2 Å². The van der Waals surface area contributed by atoms with Crippen LogP contribution in [0.2, 0.25) is 0 Å². The van der Waals surface area contributed by atoms with Crippen molar-refractivity contribution in [3.8, 4) is 5.75 Å². The fraction of sp³-hybridized carbons (Fsp3) is 0.300. The fourth-order valence-electron chi connectivity index (χ4n) is 1.52. The van der Waals surface area contributed by atoms with Crippen molar-refractivity contribution in [2.24, 2.45) is 0 Å². The number of benzene rings is 1. The summed E-state index contributed by atoms with van der Waals surface area (Å²) in [6.45, 7) is 0.656. The smallest absolute Gasteiger partial charge is 0.338 e. The molecule has 1 aliphatic rings. The molecule has 0 aromatic heterocycles. The quantitative estimate of drug-likeness (QED) is 0.610. The Morgan fingerprint density at radius 2 is 2.38 bits per heavy atom. The number of hydrogen-bond donors (Lipinski definition) is 0. The zero-order valence-corrected chi connectivity index (χ0v) is 7.37. The molecule has 3 nitrogen and oxygen atoms in total. The lowest BCUT2D eigenvalue weighted by molar-refractivity contribution is 0.0599. The van der Waals surface area contributed by atoms with Gasteiger partial charge in [0.1, 0.15) is 5.75 Å². The summed E-state index contributed by atoms with van der Waals surface area (Å²) >= 11 is 0. The highest BCUT2D eigenvalue weighted by atomic mass is 16.5. The van der Waals surface area contributed by atoms with E-state index < -0.39 is 0 Å². The van der Waals surface area contributed by atoms with Gasteiger partial charge in [0.15, 0.2) is 0 Å². The zero-order chi connectivity index (χ0) is 9.26. The van der Waals surface area contributed by atoms with Crippen LogP contribution in [0.15, 0.2) is 18.2 Å². The first-order valence-electron chi connectivity index (χ1n) is 4.16. The summed E-state index contributed by atoms with van der Waals surface area (Å²) in [4.78, 5) is 11.3. The van der Waals surface area contributed by atoms with Crippen molar-refractivity contribution < 1.29 is 14.3 Å². The Bertz CT molecular complexity index is 344. The molecule has 1 aliphatic heterocycles. The molecule has 0 spiro atoms. The van der Waals surface area contributed by atoms with Gasteiger partial charge in [-0.1, -0.05) is 6.07 Å². The second-order valence-electron chi connectivity index (χ2n) is 2.87. The third kappa shape index (κ3) is 1.26. The van der Waals surface area contributed by atoms with Gasteiger partial charge in [-0.3, -0.25) is 0 Å². The maximum Gasteiger partial charge on any atom is 0.338 e. The molecule has 0 unspecified atom stereocenters. The minimum atomic E-state index is -0.289. The van der Waals surface area contributed by atoms with E-state index in [2.05, 4.69) is 4.74 Å². The van der Waals surface area contributed by atoms with Gasteiger partial charge in [-0.25, -0.2) is 4.79 Å². The van der Waals surface area contributed by atoms with Gasteiger partial charge in [0.2, 0.25) is 0 Å². The Morgan fingerprint density at radius 3 is 3.15 bits per heavy atom. The van der Waals surface area contributed by atoms with Crippen molar-refractivity contribution in [3.63, 3.8) is 0 Å². The molecule has 13 heavy (non-hydrogen) atoms. The van der Waals surface area contributed by atoms with Crippen molar-refractivity contribution in [1.82, 2.24) is 0 Å². The van der Waals surface area contributed by atoms with Crippen molar-refractivity contribution in [2.45, 2.75) is 6.42 Å². The van der Waals surface area contributed by atoms with Crippen LogP contribution in [0.5, 0.6) is 5.75 Å². The number of rotatable bonds is 1. The predicted octanol–water partition coefficient (Wildman–Crippen LogP) is 1.41. The first-order chi connectivity index (χ1) is 6.33. The number of carbonyl (C=O) groups excluding carboxylic acids is 1. The number of esters is 1. The average molecular weight is 178 g/mol. The van der Waals surface area contributed by atoms with E-state index in [-0.39, 0.29) is 5.97 Å². The maximum absolute atomic E-state index is 11.3. The van der Waals surface area contributed by atoms with Crippen LogP contribution in [-0.2, 0) is 11.2 Å². The Balaban J connectivity index is 2.47. The summed E-state index contributed by atoms with van der Waals surface area (Å²) in [5, 5.41) is 0. The minimum Gasteiger partial charge on any atom is -0.493 e. The third-order valence-corrected chi connectivity index (χ3v) is 2.15. The normalized spacial score (nSPS) is 13.3. The van der Waals surface area contributed by atoms with E-state index in [9.17, 15) is 4.79 Å². The topological polar surface area (TPSA) is 35.5 Å². The predicted molar refractivity (Wildman–Crippen MR) is 47.0 cm³/mol. The summed E-state index contributed by atoms with van der Waals surface area (Å²) in [7, 11) is 1.39. The maximum atomic E-state index is 11.3. The Hall–Kier alpha value is -1.51. The van der Waals surface area contributed by atoms with Gasteiger partial charge in [0, 0.05) is 12.0 Å². The third-order valence-electron chi connectivity index (χ3n) is 2.15. The minimum absolute atomic E-state index is 0.289. The summed E-state index contributed by atoms with van der Waals surface area (Å²) in [5.74, 6) is 0.519. The van der Waals surface area contributed by atoms with Crippen molar-refractivity contribution in [3.05, 3.63) is 29.3 Å². The lowest BCUT2D eigenvalue weighted by Gasteiger charge is -2.03. The Labute approximate surface area is 76.3 Å². The molecular weight excluding hydrogens is 168 g/mol. The molecule has 0 bridgehead atoms. The second kappa shape index (κ2) is 3.09. The monoisotopic (exact) mass is 178 g/mol. The standard InChI is InChI=1S/C10H10O3/c1-12-10(11)8-3-2-4-9-7(8)5-6-13-9/h2-4H,5-6H2,1H3. The van der Waals surface area contributed by atoms with Gasteiger partial charge < -0.3 is 9.47 Å². The summed E-state index contributed by atoms with van der Waals surface area (Å²) in [5.41, 5.74) is 1.59. The van der Waals surface area contributed by atoms with Gasteiger partial charge in [-0.2, -0.15) is 0 Å². The highest BCUT2D eigenvalue weighted by Gasteiger charge is 2.19. The molecule has 0 saturated heterocycles. The first kappa shape index (κ1) is 8.10. The number of fused-ring (bicyclic) bond motifs is 1. The van der Waals surface area contributed by atoms with Crippen LogP contribution in [0.1, 0.15) is 15.9 Å². The number of carbonyl (C=O) groups is 1. The van der Waals surface area contributed by atoms with E-state index in [1.165, 1.54) is 7.11 Å². The Kier molecular flexibility index (Phi) is 1.93. The molecule has 1 aromatic carbocycles. The van der Waals surface area contributed by atoms with Gasteiger partial charge in [-0.05, 0) is 12.1 Å². The van der Waals surface area contributed by atoms with Gasteiger partial charge in [-0.15, -0.1) is 0 Å². The highest BCUT2D eigenvalue weighted by molar-refractivity contribution is 5.92. The summed E-state index contributed by atoms with van der Waals surface area (Å²) in [6.07, 6.45) is 0.792. The van der Waals surface area contributed by atoms with Crippen LogP contribution in [0.4, 0.5) is 0 Å². The molecule has 0 saturated carbocycles. The Morgan fingerprint density at radius 1 is 1.54 bits per heavy atom. The molecule has 0 amide bonds. The lowest BCUT2D eigenvalue weighted by atomic mass is 10.1. The summed E-state index contributed by atoms with van der Waals surface area (Å²) < 4.78 is 9.99. The molecule has 2 rings (SSSR count). The second-order valence-corrected chi connectivity index (χ2v) is 2.87. The largest absolute Gasteiger partial charge is 0.493 e. The van der Waals surface area contributed by atoms with Crippen LogP contribution in [0.3, 0.4) is 0 Å². The fourth-order valence-corrected chi connectivity index (χ4v) is 1.52. The van der Waals surface area contributed by atoms with Crippen molar-refractivity contribution in [2.75, 3.05) is 13.7 Å². The molecule has 1 heterocycles. The first-order valence-corrected chi connectivity index (χ1v) is 4.16. The SMILES string of the molecule is COC(=O)c1cccc2c1CCO2. The van der Waals surface area contributed by atoms with Gasteiger partial charge in [0.05, 0.1) is 19.3 Å². The van der Waals surface area contributed by atoms with Crippen molar-refractivity contribution >= 4 is 5.97 Å². The van der Waals surface area contributed by atoms with Crippen LogP contribution >= 0.6 is 0 Å². The zero-order valence-electron chi connectivity index (χ0n) is 7.37. The molecule has 3 heteroatoms. The number of hydrogen-bond acceptors (Lipinski definition) is 3. The van der Waals surface area contributed by atoms with Crippen LogP contribution < -0.4 is 4.74 Å². The lowest BCUT2D eigenvalue weighted by Crippen LogP contribution is -2.04. The number of methoxy groups -OCH3 is 1. The molecule has 1 aromatic rings. The number of ether oxygens (including phenoxy) is 2. The van der Waals surface area contributed by atoms with Gasteiger partial charge >= 0.3 is 5.97 Å². The molecule has 0 radical (unpaired) electrons. The van der Waals surface area contributed by atoms with E-state index in [1.807, 2.05) is 6.07 Å². The van der Waals surface area contributed by atoms with Crippen LogP contribution in [-0.4, -0.2) is 19.7 Å². The van der Waals surface area contributed by atoms with E-state index in [0.717, 1.165) is 17.7 Å².